The van der Waals surface area contributed by atoms with Crippen molar-refractivity contribution in [2.45, 2.75) is 44.0 Å². The van der Waals surface area contributed by atoms with Crippen molar-refractivity contribution in [1.82, 2.24) is 0 Å². The summed E-state index contributed by atoms with van der Waals surface area (Å²) in [5.74, 6) is 0. The molecule has 2 aliphatic rings. The molecule has 12 heavy (non-hydrogen) atoms. The molecule has 1 saturated heterocycles. The number of ether oxygens (including phenoxy) is 2. The molecule has 0 atom stereocenters. The third-order valence-electron chi connectivity index (χ3n) is 2.74. The molecule has 1 aliphatic carbocycles. The van der Waals surface area contributed by atoms with Crippen molar-refractivity contribution >= 4 is 0 Å². The first kappa shape index (κ1) is 8.48. The summed E-state index contributed by atoms with van der Waals surface area (Å²) in [4.78, 5) is 0. The number of hydrogen-bond donors (Lipinski definition) is 1. The topological polar surface area (TPSA) is 38.7 Å². The smallest absolute Gasteiger partial charge is 0.186 e. The van der Waals surface area contributed by atoms with Crippen LogP contribution in [0.25, 0.3) is 0 Å². The molecular weight excluding hydrogens is 156 g/mol. The summed E-state index contributed by atoms with van der Waals surface area (Å²) in [7, 11) is 0. The zero-order valence-corrected chi connectivity index (χ0v) is 7.29. The highest BCUT2D eigenvalue weighted by atomic mass is 16.7. The van der Waals surface area contributed by atoms with Gasteiger partial charge < -0.3 is 14.6 Å². The molecular formula is C9H16O3. The molecule has 2 fully saturated rings. The van der Waals surface area contributed by atoms with E-state index in [1.165, 1.54) is 0 Å². The van der Waals surface area contributed by atoms with E-state index in [-0.39, 0.29) is 6.29 Å². The summed E-state index contributed by atoms with van der Waals surface area (Å²) in [5.41, 5.74) is -0.680. The Morgan fingerprint density at radius 3 is 2.17 bits per heavy atom. The van der Waals surface area contributed by atoms with Crippen LogP contribution in [0.1, 0.15) is 32.1 Å². The molecule has 1 saturated carbocycles. The number of rotatable bonds is 1. The Balaban J connectivity index is 1.96. The maximum atomic E-state index is 10.1. The zero-order chi connectivity index (χ0) is 8.44. The summed E-state index contributed by atoms with van der Waals surface area (Å²) in [5, 5.41) is 10.1. The molecule has 1 heterocycles. The van der Waals surface area contributed by atoms with Crippen molar-refractivity contribution in [3.05, 3.63) is 0 Å². The lowest BCUT2D eigenvalue weighted by Crippen LogP contribution is -2.45. The Kier molecular flexibility index (Phi) is 2.35. The van der Waals surface area contributed by atoms with Gasteiger partial charge in [-0.1, -0.05) is 12.8 Å². The Labute approximate surface area is 72.7 Å². The molecule has 0 unspecified atom stereocenters. The lowest BCUT2D eigenvalue weighted by atomic mass is 10.0. The van der Waals surface area contributed by atoms with Crippen molar-refractivity contribution in [2.75, 3.05) is 13.2 Å². The summed E-state index contributed by atoms with van der Waals surface area (Å²) in [6.45, 7) is 1.46. The highest BCUT2D eigenvalue weighted by Gasteiger charge is 2.41. The maximum absolute atomic E-state index is 10.1. The predicted molar refractivity (Wildman–Crippen MR) is 43.7 cm³/mol. The fourth-order valence-electron chi connectivity index (χ4n) is 2.02. The monoisotopic (exact) mass is 172 g/mol. The molecule has 70 valence electrons. The van der Waals surface area contributed by atoms with Crippen LogP contribution >= 0.6 is 0 Å². The maximum Gasteiger partial charge on any atom is 0.186 e. The second kappa shape index (κ2) is 3.32. The van der Waals surface area contributed by atoms with E-state index in [9.17, 15) is 5.11 Å². The molecule has 0 aromatic carbocycles. The number of aliphatic hydroxyl groups is 1. The Hall–Kier alpha value is -0.120. The minimum Gasteiger partial charge on any atom is -0.385 e. The normalized spacial score (nSPS) is 30.8. The molecule has 0 radical (unpaired) electrons. The molecule has 0 aromatic rings. The van der Waals surface area contributed by atoms with Crippen molar-refractivity contribution in [2.24, 2.45) is 0 Å². The van der Waals surface area contributed by atoms with E-state index in [1.807, 2.05) is 0 Å². The van der Waals surface area contributed by atoms with E-state index < -0.39 is 5.60 Å². The quantitative estimate of drug-likeness (QED) is 0.642. The minimum atomic E-state index is -0.680. The van der Waals surface area contributed by atoms with Gasteiger partial charge in [-0.25, -0.2) is 0 Å². The van der Waals surface area contributed by atoms with Gasteiger partial charge >= 0.3 is 0 Å². The fraction of sp³-hybridized carbons (Fsp3) is 1.00. The molecule has 3 nitrogen and oxygen atoms in total. The standard InChI is InChI=1S/C9H16O3/c10-9(4-1-2-5-9)8-11-6-3-7-12-8/h8,10H,1-7H2. The van der Waals surface area contributed by atoms with Crippen LogP contribution in [0.3, 0.4) is 0 Å². The molecule has 0 aromatic heterocycles. The molecule has 1 aliphatic heterocycles. The first-order chi connectivity index (χ1) is 5.81. The van der Waals surface area contributed by atoms with E-state index in [1.54, 1.807) is 0 Å². The molecule has 1 N–H and O–H groups in total. The van der Waals surface area contributed by atoms with Crippen LogP contribution in [-0.2, 0) is 9.47 Å². The van der Waals surface area contributed by atoms with Gasteiger partial charge in [-0.3, -0.25) is 0 Å². The zero-order valence-electron chi connectivity index (χ0n) is 7.29. The van der Waals surface area contributed by atoms with Gasteiger partial charge in [0.05, 0.1) is 13.2 Å². The van der Waals surface area contributed by atoms with E-state index >= 15 is 0 Å². The summed E-state index contributed by atoms with van der Waals surface area (Å²) in [6.07, 6.45) is 4.45. The average Bonchev–Trinajstić information content (AvgIpc) is 2.55. The van der Waals surface area contributed by atoms with Crippen LogP contribution in [0, 0.1) is 0 Å². The van der Waals surface area contributed by atoms with Gasteiger partial charge in [0.15, 0.2) is 6.29 Å². The Morgan fingerprint density at radius 2 is 1.58 bits per heavy atom. The van der Waals surface area contributed by atoms with Crippen LogP contribution in [0.15, 0.2) is 0 Å². The van der Waals surface area contributed by atoms with E-state index in [4.69, 9.17) is 9.47 Å². The van der Waals surface area contributed by atoms with Crippen molar-refractivity contribution in [3.63, 3.8) is 0 Å². The fourth-order valence-corrected chi connectivity index (χ4v) is 2.02. The number of hydrogen-bond acceptors (Lipinski definition) is 3. The summed E-state index contributed by atoms with van der Waals surface area (Å²) >= 11 is 0. The summed E-state index contributed by atoms with van der Waals surface area (Å²) < 4.78 is 10.8. The Morgan fingerprint density at radius 1 is 1.00 bits per heavy atom. The molecule has 0 bridgehead atoms. The molecule has 0 spiro atoms. The lowest BCUT2D eigenvalue weighted by Gasteiger charge is -2.34. The molecule has 2 rings (SSSR count). The highest BCUT2D eigenvalue weighted by molar-refractivity contribution is 4.88. The van der Waals surface area contributed by atoms with Gasteiger partial charge in [0.25, 0.3) is 0 Å². The first-order valence-electron chi connectivity index (χ1n) is 4.77. The first-order valence-corrected chi connectivity index (χ1v) is 4.77. The Bertz CT molecular complexity index is 146. The van der Waals surface area contributed by atoms with Gasteiger partial charge in [0.2, 0.25) is 0 Å². The van der Waals surface area contributed by atoms with Crippen LogP contribution in [0.2, 0.25) is 0 Å². The van der Waals surface area contributed by atoms with Crippen molar-refractivity contribution in [3.8, 4) is 0 Å². The van der Waals surface area contributed by atoms with Crippen LogP contribution in [0.5, 0.6) is 0 Å². The lowest BCUT2D eigenvalue weighted by molar-refractivity contribution is -0.259. The van der Waals surface area contributed by atoms with E-state index in [0.717, 1.165) is 45.3 Å². The molecule has 0 amide bonds. The van der Waals surface area contributed by atoms with Crippen LogP contribution < -0.4 is 0 Å². The largest absolute Gasteiger partial charge is 0.385 e. The third-order valence-corrected chi connectivity index (χ3v) is 2.74. The van der Waals surface area contributed by atoms with Crippen LogP contribution in [0.4, 0.5) is 0 Å². The highest BCUT2D eigenvalue weighted by Crippen LogP contribution is 2.35. The second-order valence-electron chi connectivity index (χ2n) is 3.74. The minimum absolute atomic E-state index is 0.353. The average molecular weight is 172 g/mol. The van der Waals surface area contributed by atoms with Crippen molar-refractivity contribution in [1.29, 1.82) is 0 Å². The predicted octanol–water partition coefficient (Wildman–Crippen LogP) is 1.05. The van der Waals surface area contributed by atoms with E-state index in [2.05, 4.69) is 0 Å². The third kappa shape index (κ3) is 1.49. The van der Waals surface area contributed by atoms with Gasteiger partial charge in [0, 0.05) is 0 Å². The van der Waals surface area contributed by atoms with Gasteiger partial charge in [0.1, 0.15) is 5.60 Å². The van der Waals surface area contributed by atoms with Crippen molar-refractivity contribution < 1.29 is 14.6 Å². The SMILES string of the molecule is OC1(C2OCCCO2)CCCC1. The van der Waals surface area contributed by atoms with Crippen LogP contribution in [-0.4, -0.2) is 30.2 Å². The molecule has 3 heteroatoms. The van der Waals surface area contributed by atoms with Gasteiger partial charge in [-0.15, -0.1) is 0 Å². The van der Waals surface area contributed by atoms with E-state index in [0.29, 0.717) is 0 Å². The second-order valence-corrected chi connectivity index (χ2v) is 3.74. The van der Waals surface area contributed by atoms with Gasteiger partial charge in [-0.2, -0.15) is 0 Å². The van der Waals surface area contributed by atoms with Gasteiger partial charge in [-0.05, 0) is 19.3 Å². The summed E-state index contributed by atoms with van der Waals surface area (Å²) in [6, 6.07) is 0.